The number of pyridine rings is 1. The van der Waals surface area contributed by atoms with Crippen LogP contribution in [0.4, 0.5) is 13.2 Å². The van der Waals surface area contributed by atoms with Crippen molar-refractivity contribution in [3.63, 3.8) is 0 Å². The molecule has 2 aromatic rings. The number of hydrogen-bond acceptors (Lipinski definition) is 3. The summed E-state index contributed by atoms with van der Waals surface area (Å²) >= 11 is 0.800. The monoisotopic (exact) mass is 311 g/mol. The number of carbonyl (C=O) groups excluding carboxylic acids is 1. The maximum absolute atomic E-state index is 12.8. The normalized spacial score (nSPS) is 11.4. The Kier molecular flexibility index (Phi) is 4.67. The first-order chi connectivity index (χ1) is 9.88. The van der Waals surface area contributed by atoms with Crippen molar-refractivity contribution in [3.05, 3.63) is 59.3 Å². The Hall–Kier alpha value is -1.82. The zero-order chi connectivity index (χ0) is 15.5. The average Bonchev–Trinajstić information content (AvgIpc) is 2.45. The van der Waals surface area contributed by atoms with E-state index in [0.29, 0.717) is 5.56 Å². The van der Waals surface area contributed by atoms with Gasteiger partial charge in [-0.2, -0.15) is 13.2 Å². The van der Waals surface area contributed by atoms with E-state index in [-0.39, 0.29) is 16.6 Å². The summed E-state index contributed by atoms with van der Waals surface area (Å²) in [5.74, 6) is -0.304. The zero-order valence-corrected chi connectivity index (χ0v) is 12.0. The highest BCUT2D eigenvalue weighted by Gasteiger charge is 2.34. The number of ketones is 1. The molecule has 0 aliphatic rings. The number of halogens is 3. The van der Waals surface area contributed by atoms with Crippen LogP contribution >= 0.6 is 11.8 Å². The van der Waals surface area contributed by atoms with Gasteiger partial charge in [-0.25, -0.2) is 4.98 Å². The molecule has 0 fully saturated rings. The molecule has 0 N–H and O–H groups in total. The molecule has 0 spiro atoms. The summed E-state index contributed by atoms with van der Waals surface area (Å²) in [5, 5.41) is -0.175. The van der Waals surface area contributed by atoms with E-state index in [1.807, 2.05) is 6.92 Å². The number of rotatable bonds is 4. The third kappa shape index (κ3) is 4.07. The fourth-order valence-corrected chi connectivity index (χ4v) is 2.59. The third-order valence-corrected chi connectivity index (χ3v) is 3.80. The van der Waals surface area contributed by atoms with Crippen LogP contribution in [0.1, 0.15) is 21.5 Å². The molecule has 0 saturated heterocycles. The first kappa shape index (κ1) is 15.6. The van der Waals surface area contributed by atoms with Crippen LogP contribution in [0, 0.1) is 6.92 Å². The molecule has 6 heteroatoms. The van der Waals surface area contributed by atoms with Crippen molar-refractivity contribution in [2.45, 2.75) is 18.1 Å². The highest BCUT2D eigenvalue weighted by molar-refractivity contribution is 8.00. The number of carbonyl (C=O) groups is 1. The van der Waals surface area contributed by atoms with Crippen molar-refractivity contribution in [3.8, 4) is 0 Å². The molecule has 0 atom stereocenters. The molecule has 110 valence electrons. The van der Waals surface area contributed by atoms with Crippen molar-refractivity contribution in [2.75, 3.05) is 5.75 Å². The minimum absolute atomic E-state index is 0.0802. The summed E-state index contributed by atoms with van der Waals surface area (Å²) in [5.41, 5.74) is 0.688. The standard InChI is InChI=1S/C15H12F3NOS/c1-10-4-6-11(7-5-10)13(20)9-21-14-12(15(16,17)18)3-2-8-19-14/h2-8H,9H2,1H3. The van der Waals surface area contributed by atoms with E-state index in [2.05, 4.69) is 4.98 Å². The number of benzene rings is 1. The molecule has 0 saturated carbocycles. The zero-order valence-electron chi connectivity index (χ0n) is 11.1. The summed E-state index contributed by atoms with van der Waals surface area (Å²) < 4.78 is 38.4. The van der Waals surface area contributed by atoms with Crippen LogP contribution in [0.25, 0.3) is 0 Å². The smallest absolute Gasteiger partial charge is 0.293 e. The number of thioether (sulfide) groups is 1. The molecule has 2 rings (SSSR count). The molecule has 0 aliphatic heterocycles. The van der Waals surface area contributed by atoms with E-state index in [0.717, 1.165) is 23.4 Å². The van der Waals surface area contributed by atoms with Crippen molar-refractivity contribution in [1.82, 2.24) is 4.98 Å². The molecule has 0 radical (unpaired) electrons. The largest absolute Gasteiger partial charge is 0.419 e. The predicted molar refractivity (Wildman–Crippen MR) is 75.5 cm³/mol. The van der Waals surface area contributed by atoms with Crippen molar-refractivity contribution >= 4 is 17.5 Å². The van der Waals surface area contributed by atoms with Gasteiger partial charge in [0.15, 0.2) is 5.78 Å². The van der Waals surface area contributed by atoms with Gasteiger partial charge in [0.25, 0.3) is 0 Å². The van der Waals surface area contributed by atoms with E-state index in [4.69, 9.17) is 0 Å². The van der Waals surface area contributed by atoms with E-state index in [9.17, 15) is 18.0 Å². The fourth-order valence-electron chi connectivity index (χ4n) is 1.68. The molecule has 2 nitrogen and oxygen atoms in total. The van der Waals surface area contributed by atoms with Gasteiger partial charge in [0, 0.05) is 11.8 Å². The van der Waals surface area contributed by atoms with Crippen LogP contribution in [-0.4, -0.2) is 16.5 Å². The SMILES string of the molecule is Cc1ccc(C(=O)CSc2ncccc2C(F)(F)F)cc1. The Morgan fingerprint density at radius 1 is 1.19 bits per heavy atom. The highest BCUT2D eigenvalue weighted by Crippen LogP contribution is 2.35. The molecular formula is C15H12F3NOS. The molecule has 0 bridgehead atoms. The minimum Gasteiger partial charge on any atom is -0.293 e. The second-order valence-electron chi connectivity index (χ2n) is 4.43. The maximum Gasteiger partial charge on any atom is 0.419 e. The lowest BCUT2D eigenvalue weighted by Crippen LogP contribution is -2.09. The van der Waals surface area contributed by atoms with Gasteiger partial charge < -0.3 is 0 Å². The van der Waals surface area contributed by atoms with Gasteiger partial charge in [-0.05, 0) is 19.1 Å². The average molecular weight is 311 g/mol. The molecular weight excluding hydrogens is 299 g/mol. The van der Waals surface area contributed by atoms with Gasteiger partial charge in [0.2, 0.25) is 0 Å². The molecule has 0 aliphatic carbocycles. The summed E-state index contributed by atoms with van der Waals surface area (Å²) in [7, 11) is 0. The van der Waals surface area contributed by atoms with Crippen LogP contribution < -0.4 is 0 Å². The van der Waals surface area contributed by atoms with Gasteiger partial charge in [0.05, 0.1) is 11.3 Å². The Bertz CT molecular complexity index is 638. The summed E-state index contributed by atoms with van der Waals surface area (Å²) in [4.78, 5) is 15.7. The van der Waals surface area contributed by atoms with E-state index < -0.39 is 11.7 Å². The van der Waals surface area contributed by atoms with Crippen LogP contribution in [0.2, 0.25) is 0 Å². The number of aryl methyl sites for hydroxylation is 1. The number of nitrogens with zero attached hydrogens (tertiary/aromatic N) is 1. The Morgan fingerprint density at radius 2 is 1.86 bits per heavy atom. The lowest BCUT2D eigenvalue weighted by atomic mass is 10.1. The Morgan fingerprint density at radius 3 is 2.48 bits per heavy atom. The van der Waals surface area contributed by atoms with Crippen LogP contribution in [0.5, 0.6) is 0 Å². The molecule has 21 heavy (non-hydrogen) atoms. The molecule has 1 aromatic heterocycles. The molecule has 0 amide bonds. The first-order valence-corrected chi connectivity index (χ1v) is 7.11. The lowest BCUT2D eigenvalue weighted by Gasteiger charge is -2.10. The number of aromatic nitrogens is 1. The number of Topliss-reactive ketones (excluding diaryl/α,β-unsaturated/α-hetero) is 1. The summed E-state index contributed by atoms with van der Waals surface area (Å²) in [6, 6.07) is 9.11. The molecule has 1 aromatic carbocycles. The molecule has 0 unspecified atom stereocenters. The van der Waals surface area contributed by atoms with Gasteiger partial charge in [-0.15, -0.1) is 0 Å². The topological polar surface area (TPSA) is 30.0 Å². The van der Waals surface area contributed by atoms with Crippen molar-refractivity contribution < 1.29 is 18.0 Å². The van der Waals surface area contributed by atoms with E-state index >= 15 is 0 Å². The maximum atomic E-state index is 12.8. The highest BCUT2D eigenvalue weighted by atomic mass is 32.2. The van der Waals surface area contributed by atoms with Gasteiger partial charge in [-0.3, -0.25) is 4.79 Å². The van der Waals surface area contributed by atoms with E-state index in [1.54, 1.807) is 24.3 Å². The van der Waals surface area contributed by atoms with Gasteiger partial charge in [-0.1, -0.05) is 41.6 Å². The second-order valence-corrected chi connectivity index (χ2v) is 5.40. The van der Waals surface area contributed by atoms with Gasteiger partial charge in [0.1, 0.15) is 5.03 Å². The lowest BCUT2D eigenvalue weighted by molar-refractivity contribution is -0.140. The Labute approximate surface area is 124 Å². The number of hydrogen-bond donors (Lipinski definition) is 0. The van der Waals surface area contributed by atoms with Crippen LogP contribution in [0.15, 0.2) is 47.6 Å². The number of alkyl halides is 3. The Balaban J connectivity index is 2.10. The third-order valence-electron chi connectivity index (χ3n) is 2.79. The molecule has 1 heterocycles. The quantitative estimate of drug-likeness (QED) is 0.620. The van der Waals surface area contributed by atoms with E-state index in [1.165, 1.54) is 12.3 Å². The first-order valence-electron chi connectivity index (χ1n) is 6.13. The van der Waals surface area contributed by atoms with Crippen LogP contribution in [-0.2, 0) is 6.18 Å². The summed E-state index contributed by atoms with van der Waals surface area (Å²) in [6.45, 7) is 1.90. The van der Waals surface area contributed by atoms with Crippen molar-refractivity contribution in [1.29, 1.82) is 0 Å². The second kappa shape index (κ2) is 6.30. The minimum atomic E-state index is -4.47. The van der Waals surface area contributed by atoms with Gasteiger partial charge >= 0.3 is 6.18 Å². The van der Waals surface area contributed by atoms with Crippen molar-refractivity contribution in [2.24, 2.45) is 0 Å². The predicted octanol–water partition coefficient (Wildman–Crippen LogP) is 4.38. The fraction of sp³-hybridized carbons (Fsp3) is 0.200. The van der Waals surface area contributed by atoms with Crippen LogP contribution in [0.3, 0.4) is 0 Å². The summed E-state index contributed by atoms with van der Waals surface area (Å²) in [6.07, 6.45) is -3.18.